The number of nitrogens with zero attached hydrogens (tertiary/aromatic N) is 2. The SMILES string of the molecule is COc1cccc(F)c1-c1nc(C)c(C(=O)Nc2nc(C)cs2)s1. The molecule has 0 radical (unpaired) electrons. The first-order chi connectivity index (χ1) is 11.5. The van der Waals surface area contributed by atoms with Gasteiger partial charge >= 0.3 is 0 Å². The van der Waals surface area contributed by atoms with Crippen LogP contribution in [-0.4, -0.2) is 23.0 Å². The molecule has 0 aliphatic heterocycles. The van der Waals surface area contributed by atoms with Crippen molar-refractivity contribution in [2.24, 2.45) is 0 Å². The standard InChI is InChI=1S/C16H14FN3O2S2/c1-8-7-23-16(18-8)20-14(21)13-9(2)19-15(24-13)12-10(17)5-4-6-11(12)22-3/h4-7H,1-3H3,(H,18,20,21). The number of halogens is 1. The third-order valence-electron chi connectivity index (χ3n) is 3.25. The van der Waals surface area contributed by atoms with Gasteiger partial charge in [-0.05, 0) is 26.0 Å². The zero-order valence-electron chi connectivity index (χ0n) is 13.2. The number of hydrogen-bond donors (Lipinski definition) is 1. The monoisotopic (exact) mass is 363 g/mol. The molecule has 0 aliphatic carbocycles. The van der Waals surface area contributed by atoms with Crippen molar-refractivity contribution < 1.29 is 13.9 Å². The largest absolute Gasteiger partial charge is 0.496 e. The van der Waals surface area contributed by atoms with Gasteiger partial charge in [0, 0.05) is 5.38 Å². The zero-order valence-corrected chi connectivity index (χ0v) is 14.8. The molecule has 1 amide bonds. The van der Waals surface area contributed by atoms with E-state index in [9.17, 15) is 9.18 Å². The van der Waals surface area contributed by atoms with Crippen molar-refractivity contribution in [2.45, 2.75) is 13.8 Å². The fraction of sp³-hybridized carbons (Fsp3) is 0.188. The Morgan fingerprint density at radius 1 is 1.29 bits per heavy atom. The molecule has 0 aliphatic rings. The normalized spacial score (nSPS) is 10.7. The minimum Gasteiger partial charge on any atom is -0.496 e. The maximum Gasteiger partial charge on any atom is 0.269 e. The molecule has 0 saturated carbocycles. The molecule has 0 atom stereocenters. The van der Waals surface area contributed by atoms with E-state index in [1.807, 2.05) is 12.3 Å². The minimum atomic E-state index is -0.439. The second-order valence-corrected chi connectivity index (χ2v) is 6.86. The van der Waals surface area contributed by atoms with Crippen LogP contribution >= 0.6 is 22.7 Å². The van der Waals surface area contributed by atoms with E-state index >= 15 is 0 Å². The number of aryl methyl sites for hydroxylation is 2. The van der Waals surface area contributed by atoms with Crippen LogP contribution < -0.4 is 10.1 Å². The number of carbonyl (C=O) groups is 1. The van der Waals surface area contributed by atoms with Gasteiger partial charge in [0.15, 0.2) is 5.13 Å². The van der Waals surface area contributed by atoms with E-state index in [1.165, 1.54) is 24.5 Å². The lowest BCUT2D eigenvalue weighted by atomic mass is 10.2. The first kappa shape index (κ1) is 16.5. The number of benzene rings is 1. The summed E-state index contributed by atoms with van der Waals surface area (Å²) in [7, 11) is 1.47. The quantitative estimate of drug-likeness (QED) is 0.751. The van der Waals surface area contributed by atoms with Gasteiger partial charge in [0.2, 0.25) is 0 Å². The van der Waals surface area contributed by atoms with Crippen LogP contribution in [0.5, 0.6) is 5.75 Å². The second kappa shape index (κ2) is 6.66. The summed E-state index contributed by atoms with van der Waals surface area (Å²) in [5, 5.41) is 5.52. The number of rotatable bonds is 4. The molecule has 0 saturated heterocycles. The Bertz CT molecular complexity index is 905. The zero-order chi connectivity index (χ0) is 17.3. The van der Waals surface area contributed by atoms with Crippen LogP contribution in [-0.2, 0) is 0 Å². The summed E-state index contributed by atoms with van der Waals surface area (Å²) in [6.07, 6.45) is 0. The summed E-state index contributed by atoms with van der Waals surface area (Å²) < 4.78 is 19.4. The molecular formula is C16H14FN3O2S2. The summed E-state index contributed by atoms with van der Waals surface area (Å²) in [6.45, 7) is 3.57. The van der Waals surface area contributed by atoms with Crippen molar-refractivity contribution in [3.05, 3.63) is 45.7 Å². The summed E-state index contributed by atoms with van der Waals surface area (Å²) in [4.78, 5) is 21.4. The Morgan fingerprint density at radius 2 is 2.08 bits per heavy atom. The van der Waals surface area contributed by atoms with E-state index in [0.29, 0.717) is 26.5 Å². The Labute approximate surface area is 146 Å². The van der Waals surface area contributed by atoms with E-state index in [2.05, 4.69) is 15.3 Å². The van der Waals surface area contributed by atoms with Crippen LogP contribution in [0.25, 0.3) is 10.6 Å². The van der Waals surface area contributed by atoms with Gasteiger partial charge in [-0.3, -0.25) is 10.1 Å². The Balaban J connectivity index is 1.95. The highest BCUT2D eigenvalue weighted by Gasteiger charge is 2.21. The van der Waals surface area contributed by atoms with Crippen molar-refractivity contribution in [1.29, 1.82) is 0 Å². The van der Waals surface area contributed by atoms with Gasteiger partial charge in [0.1, 0.15) is 21.5 Å². The number of amides is 1. The topological polar surface area (TPSA) is 64.1 Å². The summed E-state index contributed by atoms with van der Waals surface area (Å²) in [5.41, 5.74) is 1.64. The smallest absolute Gasteiger partial charge is 0.269 e. The molecule has 5 nitrogen and oxygen atoms in total. The van der Waals surface area contributed by atoms with Gasteiger partial charge in [0.05, 0.1) is 24.1 Å². The van der Waals surface area contributed by atoms with Crippen LogP contribution in [0.1, 0.15) is 21.1 Å². The molecule has 0 bridgehead atoms. The van der Waals surface area contributed by atoms with Crippen LogP contribution in [0.4, 0.5) is 9.52 Å². The maximum atomic E-state index is 14.2. The van der Waals surface area contributed by atoms with E-state index in [1.54, 1.807) is 19.1 Å². The summed E-state index contributed by atoms with van der Waals surface area (Å²) in [6, 6.07) is 4.57. The van der Waals surface area contributed by atoms with Crippen LogP contribution in [0.3, 0.4) is 0 Å². The number of ether oxygens (including phenoxy) is 1. The van der Waals surface area contributed by atoms with Crippen LogP contribution in [0.2, 0.25) is 0 Å². The van der Waals surface area contributed by atoms with Crippen molar-refractivity contribution >= 4 is 33.7 Å². The fourth-order valence-electron chi connectivity index (χ4n) is 2.16. The molecular weight excluding hydrogens is 349 g/mol. The highest BCUT2D eigenvalue weighted by molar-refractivity contribution is 7.17. The number of nitrogens with one attached hydrogen (secondary N) is 1. The Morgan fingerprint density at radius 3 is 2.75 bits per heavy atom. The lowest BCUT2D eigenvalue weighted by Gasteiger charge is -2.06. The van der Waals surface area contributed by atoms with Gasteiger partial charge in [-0.25, -0.2) is 14.4 Å². The second-order valence-electron chi connectivity index (χ2n) is 5.00. The number of carbonyl (C=O) groups excluding carboxylic acids is 1. The predicted octanol–water partition coefficient (Wildman–Crippen LogP) is 4.28. The van der Waals surface area contributed by atoms with Crippen LogP contribution in [0, 0.1) is 19.7 Å². The Hall–Kier alpha value is -2.32. The average molecular weight is 363 g/mol. The maximum absolute atomic E-state index is 14.2. The highest BCUT2D eigenvalue weighted by atomic mass is 32.1. The molecule has 3 aromatic rings. The van der Waals surface area contributed by atoms with Crippen LogP contribution in [0.15, 0.2) is 23.6 Å². The van der Waals surface area contributed by atoms with Gasteiger partial charge in [-0.2, -0.15) is 0 Å². The number of anilines is 1. The van der Waals surface area contributed by atoms with E-state index < -0.39 is 5.82 Å². The minimum absolute atomic E-state index is 0.261. The number of aromatic nitrogens is 2. The van der Waals surface area contributed by atoms with E-state index in [0.717, 1.165) is 17.0 Å². The highest BCUT2D eigenvalue weighted by Crippen LogP contribution is 2.36. The summed E-state index contributed by atoms with van der Waals surface area (Å²) in [5.74, 6) is -0.363. The van der Waals surface area contributed by atoms with Gasteiger partial charge in [-0.15, -0.1) is 22.7 Å². The third kappa shape index (κ3) is 3.15. The molecule has 0 spiro atoms. The fourth-order valence-corrected chi connectivity index (χ4v) is 3.86. The third-order valence-corrected chi connectivity index (χ3v) is 5.30. The first-order valence-electron chi connectivity index (χ1n) is 7.03. The number of thiazole rings is 2. The average Bonchev–Trinajstić information content (AvgIpc) is 3.12. The first-order valence-corrected chi connectivity index (χ1v) is 8.73. The molecule has 0 unspecified atom stereocenters. The van der Waals surface area contributed by atoms with E-state index in [-0.39, 0.29) is 11.5 Å². The van der Waals surface area contributed by atoms with Gasteiger partial charge in [0.25, 0.3) is 5.91 Å². The molecule has 3 rings (SSSR count). The summed E-state index contributed by atoms with van der Waals surface area (Å²) >= 11 is 2.48. The van der Waals surface area contributed by atoms with Crippen molar-refractivity contribution in [1.82, 2.24) is 9.97 Å². The molecule has 124 valence electrons. The molecule has 0 fully saturated rings. The molecule has 24 heavy (non-hydrogen) atoms. The molecule has 2 heterocycles. The molecule has 1 aromatic carbocycles. The van der Waals surface area contributed by atoms with E-state index in [4.69, 9.17) is 4.74 Å². The number of methoxy groups -OCH3 is 1. The van der Waals surface area contributed by atoms with Crippen molar-refractivity contribution in [3.8, 4) is 16.3 Å². The molecule has 1 N–H and O–H groups in total. The van der Waals surface area contributed by atoms with Crippen molar-refractivity contribution in [2.75, 3.05) is 12.4 Å². The Kier molecular flexibility index (Phi) is 4.59. The molecule has 8 heteroatoms. The number of hydrogen-bond acceptors (Lipinski definition) is 6. The van der Waals surface area contributed by atoms with Crippen molar-refractivity contribution in [3.63, 3.8) is 0 Å². The lowest BCUT2D eigenvalue weighted by molar-refractivity contribution is 0.103. The van der Waals surface area contributed by atoms with Gasteiger partial charge in [-0.1, -0.05) is 6.07 Å². The predicted molar refractivity (Wildman–Crippen MR) is 93.6 cm³/mol. The lowest BCUT2D eigenvalue weighted by Crippen LogP contribution is -2.11. The van der Waals surface area contributed by atoms with Gasteiger partial charge < -0.3 is 4.74 Å². The molecule has 2 aromatic heterocycles.